The van der Waals surface area contributed by atoms with E-state index in [4.69, 9.17) is 4.74 Å². The number of aromatic nitrogens is 3. The third kappa shape index (κ3) is 5.08. The van der Waals surface area contributed by atoms with Gasteiger partial charge >= 0.3 is 6.09 Å². The lowest BCUT2D eigenvalue weighted by Gasteiger charge is -2.32. The quantitative estimate of drug-likeness (QED) is 0.671. The highest BCUT2D eigenvalue weighted by molar-refractivity contribution is 5.95. The number of fused-ring (bicyclic) bond motifs is 1. The van der Waals surface area contributed by atoms with Crippen LogP contribution in [0.3, 0.4) is 0 Å². The van der Waals surface area contributed by atoms with Crippen molar-refractivity contribution in [3.63, 3.8) is 0 Å². The highest BCUT2D eigenvalue weighted by Gasteiger charge is 2.22. The molecule has 0 spiro atoms. The molecule has 1 N–H and O–H groups in total. The molecule has 1 aliphatic rings. The number of rotatable bonds is 4. The normalized spacial score (nSPS) is 15.8. The van der Waals surface area contributed by atoms with Crippen LogP contribution in [0.4, 0.5) is 10.6 Å². The summed E-state index contributed by atoms with van der Waals surface area (Å²) in [7, 11) is 3.83. The first-order valence-electron chi connectivity index (χ1n) is 11.0. The van der Waals surface area contributed by atoms with E-state index in [1.165, 1.54) is 10.5 Å². The summed E-state index contributed by atoms with van der Waals surface area (Å²) in [6, 6.07) is 10.4. The minimum absolute atomic E-state index is 0.444. The van der Waals surface area contributed by atoms with Crippen molar-refractivity contribution in [2.45, 2.75) is 32.9 Å². The van der Waals surface area contributed by atoms with Crippen LogP contribution < -0.4 is 4.90 Å². The number of aromatic amines is 1. The average molecular weight is 437 g/mol. The predicted octanol–water partition coefficient (Wildman–Crippen LogP) is 3.74. The number of benzene rings is 1. The average Bonchev–Trinajstić information content (AvgIpc) is 3.17. The monoisotopic (exact) mass is 436 g/mol. The zero-order valence-corrected chi connectivity index (χ0v) is 19.6. The topological polar surface area (TPSA) is 77.6 Å². The maximum atomic E-state index is 12.3. The van der Waals surface area contributed by atoms with E-state index in [1.54, 1.807) is 13.2 Å². The molecule has 8 nitrogen and oxygen atoms in total. The number of nitrogens with zero attached hydrogens (tertiary/aromatic N) is 5. The zero-order chi connectivity index (χ0) is 22.9. The Labute approximate surface area is 189 Å². The second-order valence-electron chi connectivity index (χ2n) is 9.48. The zero-order valence-electron chi connectivity index (χ0n) is 19.6. The standard InChI is InChI=1S/C24H32N6O2/c1-24(2,3)32-23(31)29(5)21-14-20-19(15-25-21)22(27-26-20)18-8-6-17(7-9-18)16-30-12-10-28(4)11-13-30/h6-9,14-15H,10-13,16H2,1-5H3,(H,26,27). The van der Waals surface area contributed by atoms with Gasteiger partial charge in [-0.3, -0.25) is 14.9 Å². The Morgan fingerprint density at radius 3 is 2.50 bits per heavy atom. The second-order valence-corrected chi connectivity index (χ2v) is 9.48. The maximum Gasteiger partial charge on any atom is 0.415 e. The third-order valence-electron chi connectivity index (χ3n) is 5.67. The van der Waals surface area contributed by atoms with Gasteiger partial charge in [-0.2, -0.15) is 5.10 Å². The lowest BCUT2D eigenvalue weighted by Crippen LogP contribution is -2.43. The van der Waals surface area contributed by atoms with E-state index in [1.807, 2.05) is 26.8 Å². The highest BCUT2D eigenvalue weighted by atomic mass is 16.6. The summed E-state index contributed by atoms with van der Waals surface area (Å²) in [6.45, 7) is 10.9. The molecule has 8 heteroatoms. The largest absolute Gasteiger partial charge is 0.443 e. The summed E-state index contributed by atoms with van der Waals surface area (Å²) in [6.07, 6.45) is 1.31. The van der Waals surface area contributed by atoms with Gasteiger partial charge in [0.05, 0.1) is 5.52 Å². The Morgan fingerprint density at radius 1 is 1.16 bits per heavy atom. The van der Waals surface area contributed by atoms with E-state index < -0.39 is 11.7 Å². The van der Waals surface area contributed by atoms with Crippen LogP contribution in [-0.4, -0.2) is 76.9 Å². The molecule has 0 bridgehead atoms. The van der Waals surface area contributed by atoms with Crippen molar-refractivity contribution in [3.05, 3.63) is 42.1 Å². The first-order valence-corrected chi connectivity index (χ1v) is 11.0. The van der Waals surface area contributed by atoms with E-state index in [0.29, 0.717) is 5.82 Å². The van der Waals surface area contributed by atoms with Crippen molar-refractivity contribution in [2.75, 3.05) is 45.2 Å². The predicted molar refractivity (Wildman–Crippen MR) is 127 cm³/mol. The molecule has 0 unspecified atom stereocenters. The van der Waals surface area contributed by atoms with Crippen LogP contribution in [0.1, 0.15) is 26.3 Å². The molecule has 2 aromatic heterocycles. The minimum Gasteiger partial charge on any atom is -0.443 e. The Balaban J connectivity index is 1.48. The number of hydrogen-bond acceptors (Lipinski definition) is 6. The number of anilines is 1. The molecule has 0 aliphatic carbocycles. The van der Waals surface area contributed by atoms with Gasteiger partial charge in [0.25, 0.3) is 0 Å². The van der Waals surface area contributed by atoms with E-state index in [2.05, 4.69) is 56.3 Å². The molecule has 170 valence electrons. The van der Waals surface area contributed by atoms with E-state index in [9.17, 15) is 4.79 Å². The van der Waals surface area contributed by atoms with Crippen LogP contribution in [0.5, 0.6) is 0 Å². The molecule has 4 rings (SSSR count). The van der Waals surface area contributed by atoms with Crippen LogP contribution >= 0.6 is 0 Å². The molecule has 1 amide bonds. The minimum atomic E-state index is -0.562. The fourth-order valence-corrected chi connectivity index (χ4v) is 3.76. The molecule has 1 aliphatic heterocycles. The Morgan fingerprint density at radius 2 is 1.84 bits per heavy atom. The van der Waals surface area contributed by atoms with Gasteiger partial charge in [-0.25, -0.2) is 9.78 Å². The first kappa shape index (κ1) is 22.2. The van der Waals surface area contributed by atoms with Gasteiger partial charge in [0.15, 0.2) is 0 Å². The molecular weight excluding hydrogens is 404 g/mol. The Bertz CT molecular complexity index is 1080. The van der Waals surface area contributed by atoms with Gasteiger partial charge in [-0.05, 0) is 33.4 Å². The number of likely N-dealkylation sites (N-methyl/N-ethyl adjacent to an activating group) is 1. The van der Waals surface area contributed by atoms with Crippen molar-refractivity contribution in [2.24, 2.45) is 0 Å². The lowest BCUT2D eigenvalue weighted by molar-refractivity contribution is 0.0588. The number of H-pyrrole nitrogens is 1. The number of ether oxygens (including phenoxy) is 1. The van der Waals surface area contributed by atoms with E-state index in [0.717, 1.165) is 54.9 Å². The fraction of sp³-hybridized carbons (Fsp3) is 0.458. The molecule has 1 aromatic carbocycles. The summed E-state index contributed by atoms with van der Waals surface area (Å²) < 4.78 is 5.43. The molecule has 32 heavy (non-hydrogen) atoms. The van der Waals surface area contributed by atoms with Crippen LogP contribution in [0.2, 0.25) is 0 Å². The van der Waals surface area contributed by atoms with E-state index >= 15 is 0 Å². The maximum absolute atomic E-state index is 12.3. The van der Waals surface area contributed by atoms with Gasteiger partial charge in [0.2, 0.25) is 0 Å². The third-order valence-corrected chi connectivity index (χ3v) is 5.67. The van der Waals surface area contributed by atoms with Crippen molar-refractivity contribution in [1.82, 2.24) is 25.0 Å². The number of nitrogens with one attached hydrogen (secondary N) is 1. The van der Waals surface area contributed by atoms with Crippen LogP contribution in [0, 0.1) is 0 Å². The molecule has 3 heterocycles. The smallest absolute Gasteiger partial charge is 0.415 e. The van der Waals surface area contributed by atoms with E-state index in [-0.39, 0.29) is 0 Å². The second kappa shape index (κ2) is 8.88. The van der Waals surface area contributed by atoms with Gasteiger partial charge in [0.1, 0.15) is 17.1 Å². The molecular formula is C24H32N6O2. The van der Waals surface area contributed by atoms with Gasteiger partial charge in [-0.15, -0.1) is 0 Å². The first-order chi connectivity index (χ1) is 15.2. The number of hydrogen-bond donors (Lipinski definition) is 1. The summed E-state index contributed by atoms with van der Waals surface area (Å²) >= 11 is 0. The number of carbonyl (C=O) groups excluding carboxylic acids is 1. The van der Waals surface area contributed by atoms with Crippen molar-refractivity contribution < 1.29 is 9.53 Å². The summed E-state index contributed by atoms with van der Waals surface area (Å²) in [5, 5.41) is 8.50. The Hall–Kier alpha value is -2.97. The summed E-state index contributed by atoms with van der Waals surface area (Å²) in [5.41, 5.74) is 3.45. The van der Waals surface area contributed by atoms with Gasteiger partial charge < -0.3 is 9.64 Å². The van der Waals surface area contributed by atoms with Crippen molar-refractivity contribution >= 4 is 22.8 Å². The number of pyridine rings is 1. The molecule has 1 fully saturated rings. The lowest BCUT2D eigenvalue weighted by atomic mass is 10.1. The molecule has 3 aromatic rings. The SMILES string of the molecule is CN1CCN(Cc2ccc(-c3n[nH]c4cc(N(C)C(=O)OC(C)(C)C)ncc34)cc2)CC1. The highest BCUT2D eigenvalue weighted by Crippen LogP contribution is 2.28. The van der Waals surface area contributed by atoms with Crippen molar-refractivity contribution in [3.8, 4) is 11.3 Å². The number of carbonyl (C=O) groups is 1. The summed E-state index contributed by atoms with van der Waals surface area (Å²) in [5.74, 6) is 0.504. The Kier molecular flexibility index (Phi) is 6.17. The molecule has 0 atom stereocenters. The molecule has 1 saturated heterocycles. The number of amides is 1. The van der Waals surface area contributed by atoms with Crippen molar-refractivity contribution in [1.29, 1.82) is 0 Å². The fourth-order valence-electron chi connectivity index (χ4n) is 3.76. The summed E-state index contributed by atoms with van der Waals surface area (Å²) in [4.78, 5) is 23.1. The van der Waals surface area contributed by atoms with Crippen LogP contribution in [-0.2, 0) is 11.3 Å². The molecule has 0 saturated carbocycles. The van der Waals surface area contributed by atoms with Crippen LogP contribution in [0.15, 0.2) is 36.5 Å². The number of piperazine rings is 1. The van der Waals surface area contributed by atoms with Gasteiger partial charge in [-0.1, -0.05) is 24.3 Å². The van der Waals surface area contributed by atoms with Crippen LogP contribution in [0.25, 0.3) is 22.2 Å². The van der Waals surface area contributed by atoms with Gasteiger partial charge in [0, 0.05) is 63.0 Å². The molecule has 0 radical (unpaired) electrons.